The Morgan fingerprint density at radius 3 is 1.97 bits per heavy atom. The zero-order valence-corrected chi connectivity index (χ0v) is 24.8. The van der Waals surface area contributed by atoms with Gasteiger partial charge in [0.25, 0.3) is 0 Å². The van der Waals surface area contributed by atoms with Crippen molar-refractivity contribution in [2.24, 2.45) is 46.3 Å². The molecule has 0 radical (unpaired) electrons. The molecule has 4 saturated carbocycles. The Morgan fingerprint density at radius 1 is 0.769 bits per heavy atom. The average molecular weight is 549 g/mol. The van der Waals surface area contributed by atoms with Crippen molar-refractivity contribution in [3.05, 3.63) is 0 Å². The van der Waals surface area contributed by atoms with E-state index in [9.17, 15) is 19.2 Å². The molecule has 4 rings (SSSR count). The molecule has 0 spiro atoms. The molecule has 4 aliphatic carbocycles. The second-order valence-electron chi connectivity index (χ2n) is 13.4. The number of esters is 4. The molecule has 0 amide bonds. The molecular formula is C31H48O8. The molecule has 4 fully saturated rings. The molecule has 0 N–H and O–H groups in total. The largest absolute Gasteiger partial charge is 0.469 e. The number of carbonyl (C=O) groups excluding carboxylic acids is 4. The molecule has 11 atom stereocenters. The number of fused-ring (bicyclic) bond motifs is 5. The number of hydrogen-bond acceptors (Lipinski definition) is 8. The third-order valence-electron chi connectivity index (χ3n) is 11.4. The molecule has 0 aromatic heterocycles. The highest BCUT2D eigenvalue weighted by molar-refractivity contribution is 5.69. The second kappa shape index (κ2) is 11.4. The van der Waals surface area contributed by atoms with Crippen LogP contribution in [0.5, 0.6) is 0 Å². The molecule has 8 nitrogen and oxygen atoms in total. The fourth-order valence-corrected chi connectivity index (χ4v) is 9.81. The minimum atomic E-state index is -0.575. The van der Waals surface area contributed by atoms with Gasteiger partial charge in [0.15, 0.2) is 0 Å². The van der Waals surface area contributed by atoms with Crippen LogP contribution in [0.15, 0.2) is 0 Å². The lowest BCUT2D eigenvalue weighted by molar-refractivity contribution is -0.242. The molecule has 0 aromatic rings. The van der Waals surface area contributed by atoms with E-state index in [1.54, 1.807) is 0 Å². The molecular weight excluding hydrogens is 500 g/mol. The summed E-state index contributed by atoms with van der Waals surface area (Å²) in [4.78, 5) is 48.6. The van der Waals surface area contributed by atoms with Crippen LogP contribution in [0.3, 0.4) is 0 Å². The fraction of sp³-hybridized carbons (Fsp3) is 0.871. The van der Waals surface area contributed by atoms with E-state index in [-0.39, 0.29) is 52.6 Å². The third-order valence-corrected chi connectivity index (χ3v) is 11.4. The van der Waals surface area contributed by atoms with Gasteiger partial charge in [-0.15, -0.1) is 0 Å². The van der Waals surface area contributed by atoms with E-state index in [2.05, 4.69) is 20.8 Å². The van der Waals surface area contributed by atoms with Crippen molar-refractivity contribution in [3.8, 4) is 0 Å². The first-order chi connectivity index (χ1) is 18.3. The van der Waals surface area contributed by atoms with Gasteiger partial charge in [0.1, 0.15) is 18.3 Å². The lowest BCUT2D eigenvalue weighted by Gasteiger charge is -2.64. The standard InChI is InChI=1S/C31H48O8/c1-17(8-11-26(35)36-7)22-9-10-23-27-24(13-15-30(22,23)5)31(6)14-12-21(37-18(2)32)16-25(31)28(38-19(3)33)29(27)39-20(4)34/h17,21-25,27-29H,8-16H2,1-7H3/t17-,21?,22-,23+,24+,25+,27+,28?,29+,30-,31-/m1/s1. The van der Waals surface area contributed by atoms with E-state index in [1.165, 1.54) is 27.9 Å². The summed E-state index contributed by atoms with van der Waals surface area (Å²) in [6, 6.07) is 0. The van der Waals surface area contributed by atoms with Crippen LogP contribution < -0.4 is 0 Å². The van der Waals surface area contributed by atoms with Gasteiger partial charge in [0.2, 0.25) is 0 Å². The van der Waals surface area contributed by atoms with Crippen LogP contribution in [0.1, 0.15) is 99.3 Å². The van der Waals surface area contributed by atoms with Crippen molar-refractivity contribution in [3.63, 3.8) is 0 Å². The molecule has 39 heavy (non-hydrogen) atoms. The molecule has 4 aliphatic rings. The molecule has 0 saturated heterocycles. The Morgan fingerprint density at radius 2 is 1.36 bits per heavy atom. The van der Waals surface area contributed by atoms with E-state index < -0.39 is 12.2 Å². The predicted octanol–water partition coefficient (Wildman–Crippen LogP) is 5.25. The first-order valence-electron chi connectivity index (χ1n) is 14.9. The first-order valence-corrected chi connectivity index (χ1v) is 14.9. The summed E-state index contributed by atoms with van der Waals surface area (Å²) in [7, 11) is 1.44. The van der Waals surface area contributed by atoms with Gasteiger partial charge < -0.3 is 18.9 Å². The maximum absolute atomic E-state index is 12.5. The second-order valence-corrected chi connectivity index (χ2v) is 13.4. The minimum Gasteiger partial charge on any atom is -0.469 e. The van der Waals surface area contributed by atoms with Crippen LogP contribution in [0, 0.1) is 46.3 Å². The maximum Gasteiger partial charge on any atom is 0.305 e. The third kappa shape index (κ3) is 5.58. The SMILES string of the molecule is COC(=O)CC[C@@H](C)[C@H]1CC[C@H]2[C@@H]3[C@H](OC(C)=O)C(OC(C)=O)[C@@H]4CC(OC(C)=O)CC[C@]4(C)[C@H]3CC[C@]12C. The number of ether oxygens (including phenoxy) is 4. The Balaban J connectivity index is 1.69. The van der Waals surface area contributed by atoms with Crippen LogP contribution in [0.25, 0.3) is 0 Å². The van der Waals surface area contributed by atoms with Crippen LogP contribution in [-0.2, 0) is 38.1 Å². The van der Waals surface area contributed by atoms with Crippen LogP contribution >= 0.6 is 0 Å². The van der Waals surface area contributed by atoms with Crippen LogP contribution in [-0.4, -0.2) is 49.3 Å². The van der Waals surface area contributed by atoms with Gasteiger partial charge in [-0.3, -0.25) is 19.2 Å². The van der Waals surface area contributed by atoms with Crippen LogP contribution in [0.2, 0.25) is 0 Å². The van der Waals surface area contributed by atoms with Crippen molar-refractivity contribution in [2.75, 3.05) is 7.11 Å². The Hall–Kier alpha value is -2.12. The Bertz CT molecular complexity index is 962. The highest BCUT2D eigenvalue weighted by Crippen LogP contribution is 2.69. The summed E-state index contributed by atoms with van der Waals surface area (Å²) in [5, 5.41) is 0. The number of methoxy groups -OCH3 is 1. The van der Waals surface area contributed by atoms with Gasteiger partial charge in [-0.05, 0) is 85.9 Å². The van der Waals surface area contributed by atoms with Crippen molar-refractivity contribution in [2.45, 2.75) is 118 Å². The van der Waals surface area contributed by atoms with Gasteiger partial charge in [-0.2, -0.15) is 0 Å². The van der Waals surface area contributed by atoms with Gasteiger partial charge in [0, 0.05) is 39.0 Å². The number of rotatable bonds is 7. The minimum absolute atomic E-state index is 0.0496. The fourth-order valence-electron chi connectivity index (χ4n) is 9.81. The highest BCUT2D eigenvalue weighted by Gasteiger charge is 2.67. The zero-order chi connectivity index (χ0) is 28.7. The maximum atomic E-state index is 12.5. The smallest absolute Gasteiger partial charge is 0.305 e. The van der Waals surface area contributed by atoms with Crippen molar-refractivity contribution < 1.29 is 38.1 Å². The van der Waals surface area contributed by atoms with Crippen molar-refractivity contribution >= 4 is 23.9 Å². The summed E-state index contributed by atoms with van der Waals surface area (Å²) >= 11 is 0. The Kier molecular flexibility index (Phi) is 8.73. The summed E-state index contributed by atoms with van der Waals surface area (Å²) in [5.74, 6) is 0.289. The van der Waals surface area contributed by atoms with Crippen molar-refractivity contribution in [1.82, 2.24) is 0 Å². The number of carbonyl (C=O) groups is 4. The van der Waals surface area contributed by atoms with Crippen LogP contribution in [0.4, 0.5) is 0 Å². The summed E-state index contributed by atoms with van der Waals surface area (Å²) in [6.07, 6.45) is 6.38. The Labute approximate surface area is 233 Å². The summed E-state index contributed by atoms with van der Waals surface area (Å²) in [6.45, 7) is 11.3. The lowest BCUT2D eigenvalue weighted by atomic mass is 9.43. The quantitative estimate of drug-likeness (QED) is 0.314. The molecule has 0 aliphatic heterocycles. The molecule has 0 aromatic carbocycles. The molecule has 8 heteroatoms. The van der Waals surface area contributed by atoms with Gasteiger partial charge in [0.05, 0.1) is 7.11 Å². The van der Waals surface area contributed by atoms with E-state index >= 15 is 0 Å². The van der Waals surface area contributed by atoms with E-state index in [0.29, 0.717) is 36.5 Å². The highest BCUT2D eigenvalue weighted by atomic mass is 16.6. The first kappa shape index (κ1) is 29.9. The lowest BCUT2D eigenvalue weighted by Crippen LogP contribution is -2.65. The monoisotopic (exact) mass is 548 g/mol. The molecule has 0 heterocycles. The molecule has 2 unspecified atom stereocenters. The number of hydrogen-bond donors (Lipinski definition) is 0. The predicted molar refractivity (Wildman–Crippen MR) is 143 cm³/mol. The summed E-state index contributed by atoms with van der Waals surface area (Å²) in [5.41, 5.74) is -0.0674. The average Bonchev–Trinajstić information content (AvgIpc) is 3.21. The van der Waals surface area contributed by atoms with Gasteiger partial charge in [-0.1, -0.05) is 20.8 Å². The van der Waals surface area contributed by atoms with E-state index in [1.807, 2.05) is 0 Å². The van der Waals surface area contributed by atoms with E-state index in [0.717, 1.165) is 44.9 Å². The summed E-state index contributed by atoms with van der Waals surface area (Å²) < 4.78 is 22.7. The normalized spacial score (nSPS) is 41.7. The topological polar surface area (TPSA) is 105 Å². The van der Waals surface area contributed by atoms with Gasteiger partial charge in [-0.25, -0.2) is 0 Å². The van der Waals surface area contributed by atoms with Gasteiger partial charge >= 0.3 is 23.9 Å². The van der Waals surface area contributed by atoms with E-state index in [4.69, 9.17) is 18.9 Å². The molecule has 220 valence electrons. The van der Waals surface area contributed by atoms with Crippen molar-refractivity contribution in [1.29, 1.82) is 0 Å². The molecule has 0 bridgehead atoms. The zero-order valence-electron chi connectivity index (χ0n) is 24.8.